The van der Waals surface area contributed by atoms with Crippen molar-refractivity contribution >= 4 is 16.9 Å². The van der Waals surface area contributed by atoms with Crippen molar-refractivity contribution in [2.75, 3.05) is 13.6 Å². The third-order valence-electron chi connectivity index (χ3n) is 6.72. The molecule has 5 heteroatoms. The molecule has 2 aromatic rings. The van der Waals surface area contributed by atoms with Gasteiger partial charge in [0.1, 0.15) is 10.8 Å². The summed E-state index contributed by atoms with van der Waals surface area (Å²) in [6.45, 7) is 9.79. The summed E-state index contributed by atoms with van der Waals surface area (Å²) >= 11 is 1.70. The monoisotopic (exact) mass is 425 g/mol. The standard InChI is InChI=1S/C25H32FN3S/c1-17(19-11-13-21(26)14-12-19)22-16-30-25(28-22)23-10-7-15-29(23)18(2)24(27-3)20-8-5-4-6-9-20/h11-14,16,20,23-24,27H,1-2,4-10,15H2,3H3. The van der Waals surface area contributed by atoms with Crippen LogP contribution in [-0.2, 0) is 0 Å². The number of thiazole rings is 1. The Bertz CT molecular complexity index is 882. The minimum atomic E-state index is -0.234. The number of rotatable bonds is 7. The third-order valence-corrected chi connectivity index (χ3v) is 7.67. The summed E-state index contributed by atoms with van der Waals surface area (Å²) < 4.78 is 13.2. The van der Waals surface area contributed by atoms with Crippen molar-refractivity contribution in [3.8, 4) is 0 Å². The van der Waals surface area contributed by atoms with Gasteiger partial charge in [-0.05, 0) is 56.3 Å². The van der Waals surface area contributed by atoms with Gasteiger partial charge in [0.15, 0.2) is 0 Å². The number of benzene rings is 1. The van der Waals surface area contributed by atoms with E-state index in [-0.39, 0.29) is 11.9 Å². The molecule has 1 aliphatic heterocycles. The normalized spacial score (nSPS) is 21.0. The van der Waals surface area contributed by atoms with E-state index in [0.29, 0.717) is 12.0 Å². The number of likely N-dealkylation sites (tertiary alicyclic amines) is 1. The summed E-state index contributed by atoms with van der Waals surface area (Å²) in [5.74, 6) is 0.449. The average Bonchev–Trinajstić information content (AvgIpc) is 3.44. The molecule has 1 N–H and O–H groups in total. The highest BCUT2D eigenvalue weighted by atomic mass is 32.1. The quantitative estimate of drug-likeness (QED) is 0.575. The van der Waals surface area contributed by atoms with Crippen LogP contribution in [0.25, 0.3) is 5.57 Å². The molecule has 0 spiro atoms. The molecule has 1 saturated carbocycles. The van der Waals surface area contributed by atoms with Crippen LogP contribution in [0.2, 0.25) is 0 Å². The van der Waals surface area contributed by atoms with Crippen LogP contribution in [0.4, 0.5) is 4.39 Å². The Hall–Kier alpha value is -1.98. The number of nitrogens with one attached hydrogen (secondary N) is 1. The molecule has 2 atom stereocenters. The van der Waals surface area contributed by atoms with Crippen molar-refractivity contribution in [3.05, 3.63) is 70.6 Å². The van der Waals surface area contributed by atoms with Gasteiger partial charge in [-0.25, -0.2) is 9.37 Å². The van der Waals surface area contributed by atoms with Gasteiger partial charge in [0.25, 0.3) is 0 Å². The van der Waals surface area contributed by atoms with E-state index in [9.17, 15) is 4.39 Å². The van der Waals surface area contributed by atoms with E-state index in [0.717, 1.165) is 34.8 Å². The lowest BCUT2D eigenvalue weighted by atomic mass is 9.82. The van der Waals surface area contributed by atoms with Crippen LogP contribution in [-0.4, -0.2) is 29.5 Å². The first-order valence-electron chi connectivity index (χ1n) is 11.1. The van der Waals surface area contributed by atoms with Gasteiger partial charge < -0.3 is 10.2 Å². The van der Waals surface area contributed by atoms with E-state index >= 15 is 0 Å². The van der Waals surface area contributed by atoms with E-state index in [4.69, 9.17) is 4.98 Å². The first kappa shape index (κ1) is 21.3. The maximum Gasteiger partial charge on any atom is 0.123 e. The third kappa shape index (κ3) is 4.37. The number of hydrogen-bond donors (Lipinski definition) is 1. The smallest absolute Gasteiger partial charge is 0.123 e. The SMILES string of the molecule is C=C(c1ccc(F)cc1)c1csc(C2CCCN2C(=C)C(NC)C2CCCCC2)n1. The molecule has 1 aliphatic carbocycles. The van der Waals surface area contributed by atoms with Crippen LogP contribution < -0.4 is 5.32 Å². The number of likely N-dealkylation sites (N-methyl/N-ethyl adjacent to an activating group) is 1. The van der Waals surface area contributed by atoms with Gasteiger partial charge in [0.2, 0.25) is 0 Å². The molecule has 160 valence electrons. The zero-order valence-electron chi connectivity index (χ0n) is 17.9. The first-order chi connectivity index (χ1) is 14.6. The molecule has 4 rings (SSSR count). The molecule has 1 saturated heterocycles. The van der Waals surface area contributed by atoms with Crippen LogP contribution in [0.5, 0.6) is 0 Å². The minimum Gasteiger partial charge on any atom is -0.365 e. The fourth-order valence-electron chi connectivity index (χ4n) is 5.07. The first-order valence-corrected chi connectivity index (χ1v) is 12.0. The number of nitrogens with zero attached hydrogens (tertiary/aromatic N) is 2. The lowest BCUT2D eigenvalue weighted by Crippen LogP contribution is -2.42. The maximum absolute atomic E-state index is 13.2. The van der Waals surface area contributed by atoms with Gasteiger partial charge in [0, 0.05) is 29.2 Å². The Morgan fingerprint density at radius 2 is 1.87 bits per heavy atom. The highest BCUT2D eigenvalue weighted by Crippen LogP contribution is 2.40. The molecule has 3 nitrogen and oxygen atoms in total. The van der Waals surface area contributed by atoms with E-state index in [1.807, 2.05) is 0 Å². The zero-order valence-corrected chi connectivity index (χ0v) is 18.7. The molecule has 1 aromatic heterocycles. The molecule has 0 bridgehead atoms. The Labute approximate surface area is 183 Å². The van der Waals surface area contributed by atoms with Gasteiger partial charge in [-0.15, -0.1) is 11.3 Å². The van der Waals surface area contributed by atoms with Crippen molar-refractivity contribution < 1.29 is 4.39 Å². The van der Waals surface area contributed by atoms with Crippen LogP contribution in [0.15, 0.2) is 48.5 Å². The van der Waals surface area contributed by atoms with E-state index in [1.165, 1.54) is 56.4 Å². The fraction of sp³-hybridized carbons (Fsp3) is 0.480. The Morgan fingerprint density at radius 1 is 1.13 bits per heavy atom. The van der Waals surface area contributed by atoms with E-state index in [2.05, 4.69) is 35.8 Å². The summed E-state index contributed by atoms with van der Waals surface area (Å²) in [7, 11) is 2.07. The van der Waals surface area contributed by atoms with E-state index in [1.54, 1.807) is 23.5 Å². The van der Waals surface area contributed by atoms with Gasteiger partial charge in [-0.3, -0.25) is 0 Å². The summed E-state index contributed by atoms with van der Waals surface area (Å²) in [5, 5.41) is 6.78. The largest absolute Gasteiger partial charge is 0.365 e. The van der Waals surface area contributed by atoms with E-state index < -0.39 is 0 Å². The van der Waals surface area contributed by atoms with Gasteiger partial charge >= 0.3 is 0 Å². The van der Waals surface area contributed by atoms with Crippen molar-refractivity contribution in [2.24, 2.45) is 5.92 Å². The molecule has 0 amide bonds. The highest BCUT2D eigenvalue weighted by Gasteiger charge is 2.34. The van der Waals surface area contributed by atoms with Crippen molar-refractivity contribution in [3.63, 3.8) is 0 Å². The molecule has 2 fully saturated rings. The fourth-order valence-corrected chi connectivity index (χ4v) is 6.05. The van der Waals surface area contributed by atoms with Crippen LogP contribution in [0.3, 0.4) is 0 Å². The second kappa shape index (κ2) is 9.44. The summed E-state index contributed by atoms with van der Waals surface area (Å²) in [6, 6.07) is 7.11. The molecule has 0 radical (unpaired) electrons. The molecule has 2 aliphatic rings. The minimum absolute atomic E-state index is 0.234. The summed E-state index contributed by atoms with van der Waals surface area (Å²) in [5.41, 5.74) is 3.86. The predicted octanol–water partition coefficient (Wildman–Crippen LogP) is 6.16. The second-order valence-corrected chi connectivity index (χ2v) is 9.45. The number of halogens is 1. The Morgan fingerprint density at radius 3 is 2.57 bits per heavy atom. The van der Waals surface area contributed by atoms with Crippen LogP contribution in [0.1, 0.15) is 67.3 Å². The van der Waals surface area contributed by atoms with Crippen molar-refractivity contribution in [2.45, 2.75) is 57.0 Å². The Balaban J connectivity index is 1.50. The van der Waals surface area contributed by atoms with Crippen LogP contribution in [0, 0.1) is 11.7 Å². The summed E-state index contributed by atoms with van der Waals surface area (Å²) in [6.07, 6.45) is 8.89. The molecule has 1 aromatic carbocycles. The number of aromatic nitrogens is 1. The second-order valence-electron chi connectivity index (χ2n) is 8.56. The average molecular weight is 426 g/mol. The van der Waals surface area contributed by atoms with Crippen molar-refractivity contribution in [1.82, 2.24) is 15.2 Å². The molecule has 2 heterocycles. The van der Waals surface area contributed by atoms with Gasteiger partial charge in [-0.2, -0.15) is 0 Å². The maximum atomic E-state index is 13.2. The zero-order chi connectivity index (χ0) is 21.1. The lowest BCUT2D eigenvalue weighted by molar-refractivity contribution is 0.234. The lowest BCUT2D eigenvalue weighted by Gasteiger charge is -2.37. The Kier molecular flexibility index (Phi) is 6.69. The predicted molar refractivity (Wildman–Crippen MR) is 124 cm³/mol. The molecule has 2 unspecified atom stereocenters. The van der Waals surface area contributed by atoms with Gasteiger partial charge in [0.05, 0.1) is 11.7 Å². The van der Waals surface area contributed by atoms with Gasteiger partial charge in [-0.1, -0.05) is 44.6 Å². The molecular weight excluding hydrogens is 393 g/mol. The van der Waals surface area contributed by atoms with Crippen LogP contribution >= 0.6 is 11.3 Å². The highest BCUT2D eigenvalue weighted by molar-refractivity contribution is 7.09. The molecule has 30 heavy (non-hydrogen) atoms. The van der Waals surface area contributed by atoms with Crippen molar-refractivity contribution in [1.29, 1.82) is 0 Å². The topological polar surface area (TPSA) is 28.2 Å². The molecular formula is C25H32FN3S. The number of hydrogen-bond acceptors (Lipinski definition) is 4. The summed E-state index contributed by atoms with van der Waals surface area (Å²) in [4.78, 5) is 7.43.